The van der Waals surface area contributed by atoms with Gasteiger partial charge < -0.3 is 15.4 Å². The molecule has 1 aromatic rings. The second-order valence-corrected chi connectivity index (χ2v) is 5.58. The fourth-order valence-electron chi connectivity index (χ4n) is 2.76. The second kappa shape index (κ2) is 7.60. The molecule has 2 N–H and O–H groups in total. The molecule has 1 aromatic carbocycles. The summed E-state index contributed by atoms with van der Waals surface area (Å²) in [5.74, 6) is -0.192. The Bertz CT molecular complexity index is 396. The van der Waals surface area contributed by atoms with E-state index in [0.717, 1.165) is 31.4 Å². The third-order valence-corrected chi connectivity index (χ3v) is 4.09. The van der Waals surface area contributed by atoms with E-state index in [2.05, 4.69) is 11.9 Å². The number of benzene rings is 1. The Hall–Kier alpha value is -1.13. The van der Waals surface area contributed by atoms with E-state index >= 15 is 0 Å². The van der Waals surface area contributed by atoms with Crippen molar-refractivity contribution in [1.82, 2.24) is 0 Å². The lowest BCUT2D eigenvalue weighted by molar-refractivity contribution is 0.0428. The van der Waals surface area contributed by atoms with Gasteiger partial charge in [0.2, 0.25) is 0 Å². The molecule has 0 aliphatic carbocycles. The van der Waals surface area contributed by atoms with Gasteiger partial charge in [-0.2, -0.15) is 0 Å². The molecule has 0 saturated carbocycles. The molecule has 4 heteroatoms. The third-order valence-electron chi connectivity index (χ3n) is 4.09. The summed E-state index contributed by atoms with van der Waals surface area (Å²) in [6.45, 7) is 0.692. The van der Waals surface area contributed by atoms with E-state index in [4.69, 9.17) is 10.5 Å². The molecule has 0 spiro atoms. The maximum absolute atomic E-state index is 13.0. The Morgan fingerprint density at radius 3 is 2.55 bits per heavy atom. The lowest BCUT2D eigenvalue weighted by atomic mass is 10.0. The van der Waals surface area contributed by atoms with Crippen molar-refractivity contribution in [1.29, 1.82) is 0 Å². The number of hydrogen-bond acceptors (Lipinski definition) is 3. The Labute approximate surface area is 120 Å². The van der Waals surface area contributed by atoms with Crippen molar-refractivity contribution in [2.45, 2.75) is 50.8 Å². The molecule has 1 aliphatic rings. The third kappa shape index (κ3) is 4.46. The highest BCUT2D eigenvalue weighted by Gasteiger charge is 2.17. The van der Waals surface area contributed by atoms with Crippen LogP contribution in [0.3, 0.4) is 0 Å². The number of hydrogen-bond donors (Lipinski definition) is 1. The van der Waals surface area contributed by atoms with Crippen molar-refractivity contribution in [3.63, 3.8) is 0 Å². The number of nitrogens with zero attached hydrogens (tertiary/aromatic N) is 1. The van der Waals surface area contributed by atoms with Gasteiger partial charge in [0.15, 0.2) is 0 Å². The van der Waals surface area contributed by atoms with Gasteiger partial charge in [0, 0.05) is 18.8 Å². The van der Waals surface area contributed by atoms with E-state index in [1.165, 1.54) is 25.0 Å². The molecule has 1 saturated heterocycles. The molecule has 20 heavy (non-hydrogen) atoms. The van der Waals surface area contributed by atoms with Crippen LogP contribution in [0.25, 0.3) is 0 Å². The quantitative estimate of drug-likeness (QED) is 0.903. The SMILES string of the molecule is CN(c1ccc(F)cc1)[C@H]1CCCCC[C@H](N)OCC1. The lowest BCUT2D eigenvalue weighted by Crippen LogP contribution is -2.34. The molecule has 3 nitrogen and oxygen atoms in total. The molecule has 112 valence electrons. The van der Waals surface area contributed by atoms with Crippen LogP contribution >= 0.6 is 0 Å². The maximum atomic E-state index is 13.0. The van der Waals surface area contributed by atoms with Crippen LogP contribution in [0, 0.1) is 5.82 Å². The van der Waals surface area contributed by atoms with Crippen LogP contribution in [0.2, 0.25) is 0 Å². The fourth-order valence-corrected chi connectivity index (χ4v) is 2.76. The standard InChI is InChI=1S/C16H25FN2O/c1-19(15-9-7-13(17)8-10-15)14-5-3-2-4-6-16(18)20-12-11-14/h7-10,14,16H,2-6,11-12,18H2,1H3/t14-,16+/m0/s1. The minimum Gasteiger partial charge on any atom is -0.372 e. The highest BCUT2D eigenvalue weighted by molar-refractivity contribution is 5.46. The Balaban J connectivity index is 1.98. The molecule has 0 aromatic heterocycles. The summed E-state index contributed by atoms with van der Waals surface area (Å²) in [4.78, 5) is 2.23. The van der Waals surface area contributed by atoms with Crippen LogP contribution in [0.5, 0.6) is 0 Å². The average molecular weight is 280 g/mol. The molecule has 0 amide bonds. The van der Waals surface area contributed by atoms with Gasteiger partial charge in [0.1, 0.15) is 12.0 Å². The van der Waals surface area contributed by atoms with Crippen molar-refractivity contribution in [2.24, 2.45) is 5.73 Å². The van der Waals surface area contributed by atoms with E-state index in [1.807, 2.05) is 12.1 Å². The van der Waals surface area contributed by atoms with Gasteiger partial charge in [-0.3, -0.25) is 0 Å². The van der Waals surface area contributed by atoms with Gasteiger partial charge in [0.25, 0.3) is 0 Å². The maximum Gasteiger partial charge on any atom is 0.123 e. The number of nitrogens with two attached hydrogens (primary N) is 1. The first-order chi connectivity index (χ1) is 9.66. The summed E-state index contributed by atoms with van der Waals surface area (Å²) >= 11 is 0. The van der Waals surface area contributed by atoms with Gasteiger partial charge in [-0.1, -0.05) is 12.8 Å². The molecule has 2 atom stereocenters. The van der Waals surface area contributed by atoms with Crippen LogP contribution in [0.15, 0.2) is 24.3 Å². The van der Waals surface area contributed by atoms with E-state index in [0.29, 0.717) is 12.6 Å². The zero-order chi connectivity index (χ0) is 14.4. The molecular weight excluding hydrogens is 255 g/mol. The predicted octanol–water partition coefficient (Wildman–Crippen LogP) is 3.29. The normalized spacial score (nSPS) is 25.1. The number of anilines is 1. The van der Waals surface area contributed by atoms with Crippen LogP contribution in [0.1, 0.15) is 38.5 Å². The van der Waals surface area contributed by atoms with Crippen molar-refractivity contribution in [3.8, 4) is 0 Å². The van der Waals surface area contributed by atoms with Crippen LogP contribution < -0.4 is 10.6 Å². The minimum absolute atomic E-state index is 0.120. The van der Waals surface area contributed by atoms with Gasteiger partial charge in [-0.25, -0.2) is 4.39 Å². The molecule has 1 fully saturated rings. The second-order valence-electron chi connectivity index (χ2n) is 5.58. The van der Waals surface area contributed by atoms with E-state index in [9.17, 15) is 4.39 Å². The summed E-state index contributed by atoms with van der Waals surface area (Å²) < 4.78 is 18.6. The Morgan fingerprint density at radius 2 is 1.80 bits per heavy atom. The fraction of sp³-hybridized carbons (Fsp3) is 0.625. The molecule has 1 aliphatic heterocycles. The zero-order valence-corrected chi connectivity index (χ0v) is 12.2. The van der Waals surface area contributed by atoms with Gasteiger partial charge in [-0.15, -0.1) is 0 Å². The topological polar surface area (TPSA) is 38.5 Å². The first kappa shape index (κ1) is 15.3. The van der Waals surface area contributed by atoms with Crippen LogP contribution in [-0.4, -0.2) is 25.9 Å². The van der Waals surface area contributed by atoms with Crippen molar-refractivity contribution < 1.29 is 9.13 Å². The molecule has 2 rings (SSSR count). The van der Waals surface area contributed by atoms with Gasteiger partial charge in [0.05, 0.1) is 6.61 Å². The van der Waals surface area contributed by atoms with Gasteiger partial charge >= 0.3 is 0 Å². The summed E-state index contributed by atoms with van der Waals surface area (Å²) in [5.41, 5.74) is 6.95. The van der Waals surface area contributed by atoms with Crippen molar-refractivity contribution in [3.05, 3.63) is 30.1 Å². The molecule has 0 unspecified atom stereocenters. The number of halogens is 1. The molecule has 0 radical (unpaired) electrons. The summed E-state index contributed by atoms with van der Waals surface area (Å²) in [6, 6.07) is 7.11. The Morgan fingerprint density at radius 1 is 1.10 bits per heavy atom. The van der Waals surface area contributed by atoms with Crippen molar-refractivity contribution in [2.75, 3.05) is 18.6 Å². The highest BCUT2D eigenvalue weighted by Crippen LogP contribution is 2.22. The average Bonchev–Trinajstić information content (AvgIpc) is 2.45. The van der Waals surface area contributed by atoms with E-state index in [-0.39, 0.29) is 12.0 Å². The number of rotatable bonds is 2. The first-order valence-electron chi connectivity index (χ1n) is 7.52. The first-order valence-corrected chi connectivity index (χ1v) is 7.52. The number of ether oxygens (including phenoxy) is 1. The zero-order valence-electron chi connectivity index (χ0n) is 12.2. The van der Waals surface area contributed by atoms with Crippen LogP contribution in [0.4, 0.5) is 10.1 Å². The predicted molar refractivity (Wildman–Crippen MR) is 80.2 cm³/mol. The molecule has 0 bridgehead atoms. The van der Waals surface area contributed by atoms with Gasteiger partial charge in [-0.05, 0) is 49.9 Å². The van der Waals surface area contributed by atoms with Crippen LogP contribution in [-0.2, 0) is 4.74 Å². The summed E-state index contributed by atoms with van der Waals surface area (Å²) in [5, 5.41) is 0. The highest BCUT2D eigenvalue weighted by atomic mass is 19.1. The summed E-state index contributed by atoms with van der Waals surface area (Å²) in [7, 11) is 2.07. The largest absolute Gasteiger partial charge is 0.372 e. The van der Waals surface area contributed by atoms with E-state index in [1.54, 1.807) is 0 Å². The smallest absolute Gasteiger partial charge is 0.123 e. The molecular formula is C16H25FN2O. The monoisotopic (exact) mass is 280 g/mol. The Kier molecular flexibility index (Phi) is 5.80. The summed E-state index contributed by atoms with van der Waals surface area (Å²) in [6.07, 6.45) is 6.49. The van der Waals surface area contributed by atoms with Crippen molar-refractivity contribution >= 4 is 5.69 Å². The molecule has 1 heterocycles. The van der Waals surface area contributed by atoms with E-state index < -0.39 is 0 Å². The lowest BCUT2D eigenvalue weighted by Gasteiger charge is -2.31. The minimum atomic E-state index is -0.192.